The van der Waals surface area contributed by atoms with Gasteiger partial charge in [0.1, 0.15) is 5.78 Å². The van der Waals surface area contributed by atoms with Crippen molar-refractivity contribution >= 4 is 11.8 Å². The third-order valence-corrected chi connectivity index (χ3v) is 13.3. The van der Waals surface area contributed by atoms with Crippen molar-refractivity contribution in [1.29, 1.82) is 0 Å². The summed E-state index contributed by atoms with van der Waals surface area (Å²) in [6, 6.07) is 0.614. The monoisotopic (exact) mass is 819 g/mol. The van der Waals surface area contributed by atoms with E-state index in [2.05, 4.69) is 37.5 Å². The van der Waals surface area contributed by atoms with E-state index in [-0.39, 0.29) is 12.6 Å². The lowest BCUT2D eigenvalue weighted by Gasteiger charge is -2.33. The van der Waals surface area contributed by atoms with Crippen molar-refractivity contribution in [2.24, 2.45) is 11.8 Å². The van der Waals surface area contributed by atoms with Gasteiger partial charge in [-0.15, -0.1) is 0 Å². The zero-order chi connectivity index (χ0) is 42.2. The highest BCUT2D eigenvalue weighted by molar-refractivity contribution is 5.78. The molecular formula is C52H102N2O4. The fourth-order valence-corrected chi connectivity index (χ4v) is 9.50. The van der Waals surface area contributed by atoms with Crippen molar-refractivity contribution in [3.05, 3.63) is 0 Å². The van der Waals surface area contributed by atoms with E-state index >= 15 is 0 Å². The van der Waals surface area contributed by atoms with Crippen molar-refractivity contribution < 1.29 is 19.4 Å². The Morgan fingerprint density at radius 3 is 1.48 bits per heavy atom. The van der Waals surface area contributed by atoms with Gasteiger partial charge in [0.2, 0.25) is 0 Å². The van der Waals surface area contributed by atoms with Crippen LogP contribution in [0.25, 0.3) is 0 Å². The Bertz CT molecular complexity index is 813. The first kappa shape index (κ1) is 55.0. The van der Waals surface area contributed by atoms with E-state index in [9.17, 15) is 14.7 Å². The number of nitrogens with zero attached hydrogens (tertiary/aromatic N) is 2. The van der Waals surface area contributed by atoms with Crippen LogP contribution in [0, 0.1) is 11.8 Å². The molecule has 1 aliphatic rings. The van der Waals surface area contributed by atoms with Crippen LogP contribution in [-0.4, -0.2) is 78.6 Å². The van der Waals surface area contributed by atoms with Gasteiger partial charge in [-0.05, 0) is 82.7 Å². The van der Waals surface area contributed by atoms with Crippen LogP contribution in [-0.2, 0) is 14.3 Å². The molecule has 1 fully saturated rings. The highest BCUT2D eigenvalue weighted by Gasteiger charge is 2.21. The fourth-order valence-electron chi connectivity index (χ4n) is 9.50. The van der Waals surface area contributed by atoms with E-state index in [1.165, 1.54) is 180 Å². The molecule has 1 saturated carbocycles. The molecule has 0 atom stereocenters. The molecule has 0 saturated heterocycles. The standard InChI is InChI=1S/C52H102N2O4/c1-5-9-13-22-32-48(33-23-14-10-6-2)46-51(56)38-28-19-20-29-39-53(41-42-54(43-44-55)50-36-26-17-18-27-37-50)40-30-21-31-45-58-52(57)47-49(34-24-15-11-7-3)35-25-16-12-8-4/h48-50,55H,5-47H2,1-4H3. The number of carbonyl (C=O) groups excluding carboxylic acids is 2. The summed E-state index contributed by atoms with van der Waals surface area (Å²) < 4.78 is 5.80. The minimum Gasteiger partial charge on any atom is -0.466 e. The van der Waals surface area contributed by atoms with Gasteiger partial charge in [-0.3, -0.25) is 14.5 Å². The van der Waals surface area contributed by atoms with Crippen LogP contribution in [0.1, 0.15) is 259 Å². The van der Waals surface area contributed by atoms with Crippen molar-refractivity contribution in [3.63, 3.8) is 0 Å². The molecule has 0 unspecified atom stereocenters. The van der Waals surface area contributed by atoms with Crippen LogP contribution in [0.5, 0.6) is 0 Å². The maximum atomic E-state index is 13.1. The number of Topliss-reactive ketones (excluding diaryl/α,β-unsaturated/α-hetero) is 1. The molecule has 0 bridgehead atoms. The van der Waals surface area contributed by atoms with Gasteiger partial charge < -0.3 is 14.7 Å². The summed E-state index contributed by atoms with van der Waals surface area (Å²) in [5.74, 6) is 1.62. The average molecular weight is 819 g/mol. The molecule has 1 aliphatic carbocycles. The average Bonchev–Trinajstić information content (AvgIpc) is 3.51. The highest BCUT2D eigenvalue weighted by Crippen LogP contribution is 2.25. The number of hydrogen-bond acceptors (Lipinski definition) is 6. The predicted octanol–water partition coefficient (Wildman–Crippen LogP) is 14.4. The summed E-state index contributed by atoms with van der Waals surface area (Å²) in [6.07, 6.45) is 43.2. The van der Waals surface area contributed by atoms with Crippen LogP contribution in [0.15, 0.2) is 0 Å². The Labute approximate surface area is 362 Å². The lowest BCUT2D eigenvalue weighted by atomic mass is 9.89. The number of aliphatic hydroxyl groups excluding tert-OH is 1. The van der Waals surface area contributed by atoms with Crippen molar-refractivity contribution in [3.8, 4) is 0 Å². The van der Waals surface area contributed by atoms with Crippen LogP contribution in [0.3, 0.4) is 0 Å². The lowest BCUT2D eigenvalue weighted by molar-refractivity contribution is -0.145. The molecular weight excluding hydrogens is 717 g/mol. The maximum absolute atomic E-state index is 13.1. The Morgan fingerprint density at radius 2 is 0.983 bits per heavy atom. The molecule has 0 aromatic rings. The van der Waals surface area contributed by atoms with Crippen LogP contribution in [0.2, 0.25) is 0 Å². The van der Waals surface area contributed by atoms with Gasteiger partial charge in [-0.25, -0.2) is 0 Å². The molecule has 6 nitrogen and oxygen atoms in total. The molecule has 0 aromatic heterocycles. The van der Waals surface area contributed by atoms with Crippen LogP contribution < -0.4 is 0 Å². The van der Waals surface area contributed by atoms with E-state index in [1.807, 2.05) is 0 Å². The van der Waals surface area contributed by atoms with Crippen molar-refractivity contribution in [2.75, 3.05) is 45.9 Å². The Kier molecular flexibility index (Phi) is 39.3. The molecule has 1 N–H and O–H groups in total. The SMILES string of the molecule is CCCCCCC(CCCCCC)CC(=O)CCCCCCN(CCCCCOC(=O)CC(CCCCCC)CCCCCC)CCN(CCO)C1CCCCCC1. The van der Waals surface area contributed by atoms with Gasteiger partial charge in [-0.2, -0.15) is 0 Å². The summed E-state index contributed by atoms with van der Waals surface area (Å²) >= 11 is 0. The van der Waals surface area contributed by atoms with E-state index < -0.39 is 0 Å². The van der Waals surface area contributed by atoms with E-state index in [0.717, 1.165) is 77.7 Å². The number of ether oxygens (including phenoxy) is 1. The van der Waals surface area contributed by atoms with Crippen LogP contribution in [0.4, 0.5) is 0 Å². The first-order valence-corrected chi connectivity index (χ1v) is 26.2. The van der Waals surface area contributed by atoms with Gasteiger partial charge in [0.15, 0.2) is 0 Å². The zero-order valence-electron chi connectivity index (χ0n) is 39.7. The largest absolute Gasteiger partial charge is 0.466 e. The molecule has 0 heterocycles. The molecule has 0 aliphatic heterocycles. The minimum atomic E-state index is 0.0198. The second kappa shape index (κ2) is 41.4. The first-order valence-electron chi connectivity index (χ1n) is 26.2. The van der Waals surface area contributed by atoms with E-state index in [0.29, 0.717) is 36.7 Å². The van der Waals surface area contributed by atoms with Gasteiger partial charge in [0.05, 0.1) is 13.2 Å². The number of ketones is 1. The Hall–Kier alpha value is -0.980. The third-order valence-electron chi connectivity index (χ3n) is 13.3. The number of unbranched alkanes of at least 4 members (excludes halogenated alkanes) is 17. The third kappa shape index (κ3) is 32.7. The first-order chi connectivity index (χ1) is 28.5. The fraction of sp³-hybridized carbons (Fsp3) is 0.962. The predicted molar refractivity (Wildman–Crippen MR) is 251 cm³/mol. The summed E-state index contributed by atoms with van der Waals surface area (Å²) in [5, 5.41) is 9.94. The summed E-state index contributed by atoms with van der Waals surface area (Å²) in [7, 11) is 0. The maximum Gasteiger partial charge on any atom is 0.306 e. The number of carbonyl (C=O) groups is 2. The molecule has 0 spiro atoms. The molecule has 1 rings (SSSR count). The molecule has 0 amide bonds. The van der Waals surface area contributed by atoms with Gasteiger partial charge in [0.25, 0.3) is 0 Å². The highest BCUT2D eigenvalue weighted by atomic mass is 16.5. The zero-order valence-corrected chi connectivity index (χ0v) is 39.7. The number of rotatable bonds is 43. The number of esters is 1. The summed E-state index contributed by atoms with van der Waals surface area (Å²) in [5.41, 5.74) is 0. The lowest BCUT2D eigenvalue weighted by Crippen LogP contribution is -2.43. The summed E-state index contributed by atoms with van der Waals surface area (Å²) in [6.45, 7) is 14.9. The summed E-state index contributed by atoms with van der Waals surface area (Å²) in [4.78, 5) is 31.2. The van der Waals surface area contributed by atoms with Gasteiger partial charge >= 0.3 is 5.97 Å². The minimum absolute atomic E-state index is 0.0198. The normalized spacial score (nSPS) is 14.0. The van der Waals surface area contributed by atoms with Crippen LogP contribution >= 0.6 is 0 Å². The topological polar surface area (TPSA) is 70.1 Å². The van der Waals surface area contributed by atoms with Gasteiger partial charge in [-0.1, -0.05) is 182 Å². The smallest absolute Gasteiger partial charge is 0.306 e. The molecule has 6 heteroatoms. The molecule has 58 heavy (non-hydrogen) atoms. The molecule has 0 aromatic carbocycles. The number of hydrogen-bond donors (Lipinski definition) is 1. The second-order valence-corrected chi connectivity index (χ2v) is 18.8. The Balaban J connectivity index is 2.56. The molecule has 344 valence electrons. The number of aliphatic hydroxyl groups is 1. The quantitative estimate of drug-likeness (QED) is 0.0375. The molecule has 0 radical (unpaired) electrons. The van der Waals surface area contributed by atoms with E-state index in [1.54, 1.807) is 0 Å². The second-order valence-electron chi connectivity index (χ2n) is 18.8. The van der Waals surface area contributed by atoms with Crippen molar-refractivity contribution in [2.45, 2.75) is 265 Å². The van der Waals surface area contributed by atoms with Gasteiger partial charge in [0, 0.05) is 44.9 Å². The van der Waals surface area contributed by atoms with E-state index in [4.69, 9.17) is 4.74 Å². The van der Waals surface area contributed by atoms with Crippen molar-refractivity contribution in [1.82, 2.24) is 9.80 Å². The Morgan fingerprint density at radius 1 is 0.517 bits per heavy atom.